The predicted molar refractivity (Wildman–Crippen MR) is 155 cm³/mol. The van der Waals surface area contributed by atoms with Crippen LogP contribution in [0.5, 0.6) is 5.75 Å². The summed E-state index contributed by atoms with van der Waals surface area (Å²) in [4.78, 5) is 48.2. The second kappa shape index (κ2) is 11.7. The summed E-state index contributed by atoms with van der Waals surface area (Å²) in [5.74, 6) is 1.53. The molecule has 2 fully saturated rings. The van der Waals surface area contributed by atoms with Crippen LogP contribution in [0.25, 0.3) is 5.65 Å². The minimum atomic E-state index is -0.516. The van der Waals surface area contributed by atoms with Gasteiger partial charge in [-0.05, 0) is 69.4 Å². The molecule has 0 atom stereocenters. The zero-order valence-corrected chi connectivity index (χ0v) is 24.1. The second-order valence-electron chi connectivity index (χ2n) is 11.5. The Kier molecular flexibility index (Phi) is 8.05. The van der Waals surface area contributed by atoms with Crippen molar-refractivity contribution in [3.63, 3.8) is 0 Å². The molecule has 11 nitrogen and oxygen atoms in total. The fraction of sp³-hybridized carbons (Fsp3) is 0.467. The van der Waals surface area contributed by atoms with Gasteiger partial charge in [0.05, 0.1) is 25.5 Å². The molecule has 0 spiro atoms. The van der Waals surface area contributed by atoms with Crippen LogP contribution >= 0.6 is 0 Å². The van der Waals surface area contributed by atoms with E-state index in [4.69, 9.17) is 14.5 Å². The zero-order valence-electron chi connectivity index (χ0n) is 24.1. The first kappa shape index (κ1) is 28.3. The van der Waals surface area contributed by atoms with Gasteiger partial charge in [0.2, 0.25) is 5.91 Å². The number of piperidine rings is 1. The first-order valence-corrected chi connectivity index (χ1v) is 14.1. The van der Waals surface area contributed by atoms with Gasteiger partial charge in [-0.25, -0.2) is 14.6 Å². The fourth-order valence-corrected chi connectivity index (χ4v) is 5.32. The van der Waals surface area contributed by atoms with Crippen molar-refractivity contribution < 1.29 is 23.9 Å². The molecular weight excluding hydrogens is 524 g/mol. The quantitative estimate of drug-likeness (QED) is 0.453. The molecule has 1 N–H and O–H groups in total. The molecule has 2 saturated heterocycles. The van der Waals surface area contributed by atoms with E-state index in [-0.39, 0.29) is 31.0 Å². The summed E-state index contributed by atoms with van der Waals surface area (Å²) in [5.41, 5.74) is 2.09. The highest BCUT2D eigenvalue weighted by molar-refractivity contribution is 6.05. The van der Waals surface area contributed by atoms with Crippen LogP contribution in [0.3, 0.4) is 0 Å². The van der Waals surface area contributed by atoms with Crippen LogP contribution in [-0.2, 0) is 16.1 Å². The van der Waals surface area contributed by atoms with Gasteiger partial charge in [-0.1, -0.05) is 12.1 Å². The topological polar surface area (TPSA) is 109 Å². The van der Waals surface area contributed by atoms with Gasteiger partial charge >= 0.3 is 12.1 Å². The van der Waals surface area contributed by atoms with Crippen LogP contribution in [0.2, 0.25) is 0 Å². The minimum Gasteiger partial charge on any atom is -0.497 e. The Balaban J connectivity index is 1.26. The number of nitrogens with zero attached hydrogens (tertiary/aromatic N) is 5. The van der Waals surface area contributed by atoms with Crippen molar-refractivity contribution in [2.45, 2.75) is 52.2 Å². The maximum atomic E-state index is 13.5. The van der Waals surface area contributed by atoms with Crippen LogP contribution in [0.15, 0.2) is 48.8 Å². The Hall–Kier alpha value is -4.28. The highest BCUT2D eigenvalue weighted by atomic mass is 16.6. The minimum absolute atomic E-state index is 0.192. The lowest BCUT2D eigenvalue weighted by atomic mass is 9.96. The average Bonchev–Trinajstić information content (AvgIpc) is 3.38. The van der Waals surface area contributed by atoms with E-state index < -0.39 is 5.60 Å². The van der Waals surface area contributed by atoms with E-state index in [9.17, 15) is 14.4 Å². The smallest absolute Gasteiger partial charge is 0.407 e. The number of urea groups is 1. The third-order valence-electron chi connectivity index (χ3n) is 7.47. The largest absolute Gasteiger partial charge is 0.497 e. The molecule has 3 aromatic rings. The predicted octanol–water partition coefficient (Wildman–Crippen LogP) is 4.44. The summed E-state index contributed by atoms with van der Waals surface area (Å²) in [7, 11) is 1.60. The van der Waals surface area contributed by atoms with E-state index in [2.05, 4.69) is 10.2 Å². The third-order valence-corrected chi connectivity index (χ3v) is 7.47. The average molecular weight is 563 g/mol. The monoisotopic (exact) mass is 562 g/mol. The molecule has 0 bridgehead atoms. The molecular formula is C30H38N6O5. The Bertz CT molecular complexity index is 1400. The molecule has 0 saturated carbocycles. The lowest BCUT2D eigenvalue weighted by Gasteiger charge is -2.34. The number of ether oxygens (including phenoxy) is 2. The molecule has 11 heteroatoms. The summed E-state index contributed by atoms with van der Waals surface area (Å²) in [6.07, 6.45) is 5.31. The number of methoxy groups -OCH3 is 1. The van der Waals surface area contributed by atoms with E-state index in [1.54, 1.807) is 18.2 Å². The Morgan fingerprint density at radius 3 is 2.49 bits per heavy atom. The first-order valence-electron chi connectivity index (χ1n) is 14.1. The second-order valence-corrected chi connectivity index (χ2v) is 11.5. The summed E-state index contributed by atoms with van der Waals surface area (Å²) < 4.78 is 12.5. The number of imidazole rings is 1. The van der Waals surface area contributed by atoms with Gasteiger partial charge in [-0.3, -0.25) is 19.0 Å². The number of alkyl carbamates (subject to hydrolysis) is 1. The van der Waals surface area contributed by atoms with E-state index in [1.165, 1.54) is 4.90 Å². The number of hydrogen-bond acceptors (Lipinski definition) is 7. The van der Waals surface area contributed by atoms with Crippen molar-refractivity contribution in [2.75, 3.05) is 43.1 Å². The summed E-state index contributed by atoms with van der Waals surface area (Å²) >= 11 is 0. The molecule has 0 radical (unpaired) electrons. The number of carbonyl (C=O) groups is 3. The lowest BCUT2D eigenvalue weighted by Crippen LogP contribution is -2.52. The zero-order chi connectivity index (χ0) is 29.1. The number of aromatic nitrogens is 2. The van der Waals surface area contributed by atoms with Gasteiger partial charge in [0.15, 0.2) is 5.65 Å². The maximum absolute atomic E-state index is 13.5. The Morgan fingerprint density at radius 2 is 1.80 bits per heavy atom. The SMILES string of the molecule is COc1ccc(CN2C(=O)CCN(c3cnc4c(N5CCC(CNC(=O)OC(C)(C)C)CC5)cccn34)C2=O)cc1. The molecule has 5 rings (SSSR count). The number of anilines is 2. The highest BCUT2D eigenvalue weighted by Crippen LogP contribution is 2.30. The van der Waals surface area contributed by atoms with E-state index in [1.807, 2.05) is 67.8 Å². The number of nitrogens with one attached hydrogen (secondary N) is 1. The van der Waals surface area contributed by atoms with Crippen molar-refractivity contribution in [2.24, 2.45) is 5.92 Å². The van der Waals surface area contributed by atoms with Gasteiger partial charge < -0.3 is 19.7 Å². The number of benzene rings is 1. The van der Waals surface area contributed by atoms with Crippen LogP contribution in [0.4, 0.5) is 21.1 Å². The van der Waals surface area contributed by atoms with Gasteiger partial charge in [0, 0.05) is 38.8 Å². The first-order chi connectivity index (χ1) is 19.6. The molecule has 0 unspecified atom stereocenters. The number of carbonyl (C=O) groups excluding carboxylic acids is 3. The van der Waals surface area contributed by atoms with E-state index in [0.717, 1.165) is 48.6 Å². The number of pyridine rings is 1. The number of fused-ring (bicyclic) bond motifs is 1. The summed E-state index contributed by atoms with van der Waals surface area (Å²) in [5, 5.41) is 2.90. The fourth-order valence-electron chi connectivity index (χ4n) is 5.32. The summed E-state index contributed by atoms with van der Waals surface area (Å²) in [6, 6.07) is 11.0. The molecule has 4 amide bonds. The van der Waals surface area contributed by atoms with Crippen molar-refractivity contribution >= 4 is 35.2 Å². The number of rotatable bonds is 7. The van der Waals surface area contributed by atoms with Crippen molar-refractivity contribution in [3.8, 4) is 5.75 Å². The van der Waals surface area contributed by atoms with E-state index >= 15 is 0 Å². The van der Waals surface area contributed by atoms with Crippen LogP contribution < -0.4 is 19.9 Å². The molecule has 1 aromatic carbocycles. The molecule has 218 valence electrons. The van der Waals surface area contributed by atoms with E-state index in [0.29, 0.717) is 24.8 Å². The van der Waals surface area contributed by atoms with Gasteiger partial charge in [0.1, 0.15) is 17.2 Å². The third kappa shape index (κ3) is 6.39. The molecule has 2 aliphatic rings. The lowest BCUT2D eigenvalue weighted by molar-refractivity contribution is -0.129. The van der Waals surface area contributed by atoms with Gasteiger partial charge in [-0.2, -0.15) is 0 Å². The van der Waals surface area contributed by atoms with Crippen molar-refractivity contribution in [1.29, 1.82) is 0 Å². The molecule has 2 aliphatic heterocycles. The van der Waals surface area contributed by atoms with Gasteiger partial charge in [0.25, 0.3) is 0 Å². The van der Waals surface area contributed by atoms with Gasteiger partial charge in [-0.15, -0.1) is 0 Å². The standard InChI is InChI=1S/C30H38N6O5/c1-30(2,3)41-28(38)32-18-21-11-15-33(16-12-21)24-6-5-14-34-25(19-31-27(24)34)35-17-13-26(37)36(29(35)39)20-22-7-9-23(40-4)10-8-22/h5-10,14,19,21H,11-13,15-18,20H2,1-4H3,(H,32,38). The normalized spacial score (nSPS) is 16.8. The highest BCUT2D eigenvalue weighted by Gasteiger charge is 2.34. The number of hydrogen-bond donors (Lipinski definition) is 1. The molecule has 0 aliphatic carbocycles. The van der Waals surface area contributed by atoms with Crippen molar-refractivity contribution in [3.05, 3.63) is 54.4 Å². The number of amides is 4. The Morgan fingerprint density at radius 1 is 1.07 bits per heavy atom. The summed E-state index contributed by atoms with van der Waals surface area (Å²) in [6.45, 7) is 8.29. The van der Waals surface area contributed by atoms with Crippen LogP contribution in [0.1, 0.15) is 45.6 Å². The maximum Gasteiger partial charge on any atom is 0.407 e. The molecule has 41 heavy (non-hydrogen) atoms. The number of imide groups is 1. The van der Waals surface area contributed by atoms with Crippen LogP contribution in [0, 0.1) is 5.92 Å². The van der Waals surface area contributed by atoms with Crippen LogP contribution in [-0.4, -0.2) is 71.2 Å². The molecule has 2 aromatic heterocycles. The van der Waals surface area contributed by atoms with Crippen molar-refractivity contribution in [1.82, 2.24) is 19.6 Å². The molecule has 4 heterocycles. The Labute approximate surface area is 240 Å².